The molecule has 13 heteroatoms. The van der Waals surface area contributed by atoms with E-state index in [1.807, 2.05) is 4.90 Å². The second-order valence-corrected chi connectivity index (χ2v) is 10.0. The Kier molecular flexibility index (Phi) is 9.29. The minimum Gasteiger partial charge on any atom is -0.367 e. The van der Waals surface area contributed by atoms with Crippen LogP contribution in [0.1, 0.15) is 35.2 Å². The summed E-state index contributed by atoms with van der Waals surface area (Å²) in [6.07, 6.45) is -3.59. The molecule has 212 valence electrons. The van der Waals surface area contributed by atoms with Crippen molar-refractivity contribution >= 4 is 34.8 Å². The average Bonchev–Trinajstić information content (AvgIpc) is 3.44. The highest BCUT2D eigenvalue weighted by Gasteiger charge is 2.29. The first-order valence-corrected chi connectivity index (χ1v) is 13.0. The number of piperazine rings is 1. The summed E-state index contributed by atoms with van der Waals surface area (Å²) in [5.41, 5.74) is 0.212. The minimum absolute atomic E-state index is 0.0917. The second kappa shape index (κ2) is 12.5. The van der Waals surface area contributed by atoms with Crippen LogP contribution in [0.4, 0.5) is 33.3 Å². The number of benzene rings is 2. The lowest BCUT2D eigenvalue weighted by Crippen LogP contribution is -2.47. The van der Waals surface area contributed by atoms with Crippen LogP contribution in [0.5, 0.6) is 0 Å². The Balaban J connectivity index is 1.41. The Morgan fingerprint density at radius 3 is 2.46 bits per heavy atom. The van der Waals surface area contributed by atoms with Crippen LogP contribution >= 0.6 is 11.6 Å². The number of carbonyl (C=O) groups excluding carboxylic acids is 2. The van der Waals surface area contributed by atoms with Crippen LogP contribution in [-0.4, -0.2) is 68.2 Å². The molecule has 3 N–H and O–H groups in total. The maximum Gasteiger partial charge on any atom is 0.390 e. The van der Waals surface area contributed by atoms with Crippen LogP contribution in [0.3, 0.4) is 0 Å². The lowest BCUT2D eigenvalue weighted by Gasteiger charge is -2.37. The molecule has 0 aliphatic carbocycles. The average molecular weight is 574 g/mol. The molecule has 2 aromatic carbocycles. The molecule has 7 nitrogen and oxygen atoms in total. The topological polar surface area (TPSA) is 76.7 Å². The van der Waals surface area contributed by atoms with E-state index in [-0.39, 0.29) is 30.6 Å². The van der Waals surface area contributed by atoms with Gasteiger partial charge in [0.05, 0.1) is 29.4 Å². The summed E-state index contributed by atoms with van der Waals surface area (Å²) in [5.74, 6) is -3.75. The number of rotatable bonds is 8. The monoisotopic (exact) mass is 573 g/mol. The van der Waals surface area contributed by atoms with Gasteiger partial charge in [0.25, 0.3) is 5.91 Å². The van der Waals surface area contributed by atoms with Gasteiger partial charge in [0.15, 0.2) is 11.6 Å². The van der Waals surface area contributed by atoms with Crippen LogP contribution in [0, 0.1) is 11.6 Å². The van der Waals surface area contributed by atoms with Crippen molar-refractivity contribution in [1.82, 2.24) is 15.5 Å². The smallest absolute Gasteiger partial charge is 0.367 e. The molecule has 2 aromatic rings. The van der Waals surface area contributed by atoms with E-state index in [1.54, 1.807) is 11.0 Å². The van der Waals surface area contributed by atoms with E-state index in [0.717, 1.165) is 19.0 Å². The number of carbonyl (C=O) groups is 2. The number of amides is 2. The van der Waals surface area contributed by atoms with Gasteiger partial charge in [0.1, 0.15) is 0 Å². The van der Waals surface area contributed by atoms with Crippen LogP contribution in [0.15, 0.2) is 30.3 Å². The van der Waals surface area contributed by atoms with Crippen molar-refractivity contribution in [3.05, 3.63) is 58.1 Å². The number of anilines is 2. The van der Waals surface area contributed by atoms with Gasteiger partial charge in [-0.2, -0.15) is 13.2 Å². The minimum atomic E-state index is -4.23. The van der Waals surface area contributed by atoms with Gasteiger partial charge in [-0.05, 0) is 43.7 Å². The summed E-state index contributed by atoms with van der Waals surface area (Å²) in [6, 6.07) is 6.70. The van der Waals surface area contributed by atoms with Gasteiger partial charge in [-0.25, -0.2) is 8.78 Å². The van der Waals surface area contributed by atoms with Gasteiger partial charge in [0, 0.05) is 49.9 Å². The molecule has 0 radical (unpaired) electrons. The van der Waals surface area contributed by atoms with Crippen molar-refractivity contribution in [2.45, 2.75) is 38.0 Å². The molecule has 39 heavy (non-hydrogen) atoms. The SMILES string of the molecule is O=C(Nc1ccc(Cl)cc1N1CCN(CCC(F)(F)F)CC1)c1ccc(CNC(=O)[C@@H]2CCCN2)c(F)c1F. The molecule has 0 unspecified atom stereocenters. The summed E-state index contributed by atoms with van der Waals surface area (Å²) in [6.45, 7) is 1.94. The highest BCUT2D eigenvalue weighted by atomic mass is 35.5. The van der Waals surface area contributed by atoms with E-state index in [2.05, 4.69) is 16.0 Å². The highest BCUT2D eigenvalue weighted by molar-refractivity contribution is 6.31. The fourth-order valence-electron chi connectivity index (χ4n) is 4.67. The summed E-state index contributed by atoms with van der Waals surface area (Å²) in [4.78, 5) is 28.7. The molecular weight excluding hydrogens is 545 g/mol. The Hall–Kier alpha value is -2.96. The third-order valence-electron chi connectivity index (χ3n) is 6.87. The number of halogens is 6. The van der Waals surface area contributed by atoms with Crippen molar-refractivity contribution in [2.75, 3.05) is 49.5 Å². The Labute approximate surface area is 227 Å². The molecular formula is C26H29ClF5N5O2. The number of nitrogens with one attached hydrogen (secondary N) is 3. The summed E-state index contributed by atoms with van der Waals surface area (Å²) in [5, 5.41) is 8.57. The Morgan fingerprint density at radius 2 is 1.79 bits per heavy atom. The number of hydrogen-bond acceptors (Lipinski definition) is 5. The van der Waals surface area contributed by atoms with Gasteiger partial charge in [0.2, 0.25) is 5.91 Å². The number of hydrogen-bond donors (Lipinski definition) is 3. The first-order chi connectivity index (χ1) is 18.5. The number of alkyl halides is 3. The fraction of sp³-hybridized carbons (Fsp3) is 0.462. The molecule has 0 bridgehead atoms. The van der Waals surface area contributed by atoms with Crippen molar-refractivity contribution in [3.63, 3.8) is 0 Å². The zero-order chi connectivity index (χ0) is 28.2. The van der Waals surface area contributed by atoms with Gasteiger partial charge < -0.3 is 20.9 Å². The number of nitrogens with zero attached hydrogens (tertiary/aromatic N) is 2. The van der Waals surface area contributed by atoms with Crippen LogP contribution in [-0.2, 0) is 11.3 Å². The summed E-state index contributed by atoms with van der Waals surface area (Å²) in [7, 11) is 0. The molecule has 2 aliphatic heterocycles. The van der Waals surface area contributed by atoms with Crippen molar-refractivity contribution in [2.24, 2.45) is 0 Å². The van der Waals surface area contributed by atoms with E-state index in [4.69, 9.17) is 11.6 Å². The second-order valence-electron chi connectivity index (χ2n) is 9.58. The first-order valence-electron chi connectivity index (χ1n) is 12.6. The van der Waals surface area contributed by atoms with Crippen molar-refractivity contribution < 1.29 is 31.5 Å². The zero-order valence-corrected chi connectivity index (χ0v) is 21.8. The Morgan fingerprint density at radius 1 is 1.05 bits per heavy atom. The third-order valence-corrected chi connectivity index (χ3v) is 7.10. The molecule has 1 atom stereocenters. The first kappa shape index (κ1) is 29.0. The molecule has 2 aliphatic rings. The van der Waals surface area contributed by atoms with E-state index < -0.39 is 35.7 Å². The van der Waals surface area contributed by atoms with Gasteiger partial charge in [-0.1, -0.05) is 17.7 Å². The lowest BCUT2D eigenvalue weighted by molar-refractivity contribution is -0.138. The van der Waals surface area contributed by atoms with Crippen LogP contribution in [0.25, 0.3) is 0 Å². The van der Waals surface area contributed by atoms with E-state index in [1.165, 1.54) is 18.2 Å². The van der Waals surface area contributed by atoms with Crippen LogP contribution < -0.4 is 20.9 Å². The maximum atomic E-state index is 14.9. The fourth-order valence-corrected chi connectivity index (χ4v) is 4.84. The predicted molar refractivity (Wildman–Crippen MR) is 138 cm³/mol. The quantitative estimate of drug-likeness (QED) is 0.410. The molecule has 0 saturated carbocycles. The third kappa shape index (κ3) is 7.58. The predicted octanol–water partition coefficient (Wildman–Crippen LogP) is 4.31. The molecule has 0 aromatic heterocycles. The summed E-state index contributed by atoms with van der Waals surface area (Å²) < 4.78 is 67.3. The lowest BCUT2D eigenvalue weighted by atomic mass is 10.1. The van der Waals surface area contributed by atoms with E-state index in [9.17, 15) is 31.5 Å². The van der Waals surface area contributed by atoms with Crippen molar-refractivity contribution in [1.29, 1.82) is 0 Å². The van der Waals surface area contributed by atoms with Gasteiger partial charge >= 0.3 is 6.18 Å². The maximum absolute atomic E-state index is 14.9. The van der Waals surface area contributed by atoms with E-state index >= 15 is 0 Å². The van der Waals surface area contributed by atoms with Crippen LogP contribution in [0.2, 0.25) is 5.02 Å². The normalized spacial score (nSPS) is 18.3. The van der Waals surface area contributed by atoms with Gasteiger partial charge in [-0.3, -0.25) is 14.5 Å². The Bertz CT molecular complexity index is 1200. The molecule has 2 amide bonds. The zero-order valence-electron chi connectivity index (χ0n) is 21.0. The van der Waals surface area contributed by atoms with Crippen molar-refractivity contribution in [3.8, 4) is 0 Å². The molecule has 4 rings (SSSR count). The van der Waals surface area contributed by atoms with E-state index in [0.29, 0.717) is 49.0 Å². The highest BCUT2D eigenvalue weighted by Crippen LogP contribution is 2.31. The standard InChI is InChI=1S/C26H29ClF5N5O2/c27-17-4-6-19(21(14-17)37-12-10-36(11-13-37)9-7-26(30,31)32)35-24(38)18-5-3-16(22(28)23(18)29)15-34-25(39)20-2-1-8-33-20/h3-6,14,20,33H,1-2,7-13,15H2,(H,34,39)(H,35,38)/t20-/m0/s1. The summed E-state index contributed by atoms with van der Waals surface area (Å²) >= 11 is 6.16. The molecule has 2 fully saturated rings. The molecule has 0 spiro atoms. The van der Waals surface area contributed by atoms with Gasteiger partial charge in [-0.15, -0.1) is 0 Å². The molecule has 2 heterocycles. The molecule has 2 saturated heterocycles. The largest absolute Gasteiger partial charge is 0.390 e.